The molecule has 4 aromatic rings. The second-order valence-electron chi connectivity index (χ2n) is 7.49. The third-order valence-corrected chi connectivity index (χ3v) is 5.44. The molecule has 0 spiro atoms. The molecule has 0 atom stereocenters. The lowest BCUT2D eigenvalue weighted by Crippen LogP contribution is -2.20. The first-order valence-electron chi connectivity index (χ1n) is 10.2. The Morgan fingerprint density at radius 1 is 1.17 bits per heavy atom. The Bertz CT molecular complexity index is 1130. The molecular formula is C22H24N6O2. The number of pyridine rings is 1. The number of nitrogens with one attached hydrogen (secondary N) is 1. The Hall–Kier alpha value is -3.39. The molecule has 1 saturated heterocycles. The first kappa shape index (κ1) is 18.6. The summed E-state index contributed by atoms with van der Waals surface area (Å²) >= 11 is 0. The van der Waals surface area contributed by atoms with Gasteiger partial charge in [0.15, 0.2) is 5.65 Å². The van der Waals surface area contributed by atoms with E-state index in [1.807, 2.05) is 59.7 Å². The van der Waals surface area contributed by atoms with E-state index >= 15 is 0 Å². The Labute approximate surface area is 174 Å². The Balaban J connectivity index is 1.35. The van der Waals surface area contributed by atoms with E-state index in [-0.39, 0.29) is 0 Å². The molecule has 1 N–H and O–H groups in total. The van der Waals surface area contributed by atoms with Crippen LogP contribution in [0.15, 0.2) is 55.0 Å². The van der Waals surface area contributed by atoms with Gasteiger partial charge in [-0.3, -0.25) is 4.68 Å². The van der Waals surface area contributed by atoms with E-state index < -0.39 is 0 Å². The van der Waals surface area contributed by atoms with E-state index in [0.29, 0.717) is 11.9 Å². The third kappa shape index (κ3) is 3.86. The molecule has 4 heterocycles. The topological polar surface area (TPSA) is 78.5 Å². The van der Waals surface area contributed by atoms with Crippen LogP contribution in [0, 0.1) is 5.92 Å². The zero-order valence-corrected chi connectivity index (χ0v) is 16.9. The van der Waals surface area contributed by atoms with Gasteiger partial charge in [0.2, 0.25) is 5.95 Å². The van der Waals surface area contributed by atoms with Crippen LogP contribution in [0.5, 0.6) is 5.75 Å². The highest BCUT2D eigenvalue weighted by Crippen LogP contribution is 2.27. The highest BCUT2D eigenvalue weighted by atomic mass is 16.5. The molecule has 5 rings (SSSR count). The van der Waals surface area contributed by atoms with E-state index in [1.54, 1.807) is 11.6 Å². The van der Waals surface area contributed by atoms with Crippen molar-refractivity contribution in [2.75, 3.05) is 25.6 Å². The fraction of sp³-hybridized carbons (Fsp3) is 0.318. The first-order chi connectivity index (χ1) is 14.8. The van der Waals surface area contributed by atoms with Crippen molar-refractivity contribution < 1.29 is 9.47 Å². The molecule has 1 fully saturated rings. The molecule has 0 bridgehead atoms. The molecule has 0 aliphatic carbocycles. The van der Waals surface area contributed by atoms with Crippen molar-refractivity contribution in [1.82, 2.24) is 24.4 Å². The number of anilines is 2. The van der Waals surface area contributed by atoms with E-state index in [4.69, 9.17) is 14.5 Å². The first-order valence-corrected chi connectivity index (χ1v) is 10.2. The maximum absolute atomic E-state index is 5.44. The van der Waals surface area contributed by atoms with Crippen LogP contribution < -0.4 is 10.1 Å². The summed E-state index contributed by atoms with van der Waals surface area (Å²) in [5.41, 5.74) is 3.74. The van der Waals surface area contributed by atoms with Gasteiger partial charge < -0.3 is 14.8 Å². The lowest BCUT2D eigenvalue weighted by atomic mass is 10.0. The van der Waals surface area contributed by atoms with Crippen molar-refractivity contribution in [1.29, 1.82) is 0 Å². The van der Waals surface area contributed by atoms with Gasteiger partial charge >= 0.3 is 0 Å². The molecule has 3 aromatic heterocycles. The van der Waals surface area contributed by atoms with E-state index in [2.05, 4.69) is 15.5 Å². The fourth-order valence-corrected chi connectivity index (χ4v) is 3.81. The molecule has 0 amide bonds. The van der Waals surface area contributed by atoms with Gasteiger partial charge in [0.1, 0.15) is 5.75 Å². The average molecular weight is 404 g/mol. The van der Waals surface area contributed by atoms with Crippen molar-refractivity contribution in [2.24, 2.45) is 5.92 Å². The second-order valence-corrected chi connectivity index (χ2v) is 7.49. The number of hydrogen-bond acceptors (Lipinski definition) is 6. The van der Waals surface area contributed by atoms with Crippen LogP contribution in [-0.4, -0.2) is 44.7 Å². The lowest BCUT2D eigenvalue weighted by molar-refractivity contribution is 0.0601. The fourth-order valence-electron chi connectivity index (χ4n) is 3.81. The normalized spacial score (nSPS) is 14.8. The molecule has 154 valence electrons. The predicted octanol–water partition coefficient (Wildman–Crippen LogP) is 3.77. The van der Waals surface area contributed by atoms with Gasteiger partial charge in [-0.15, -0.1) is 5.10 Å². The molecule has 0 saturated carbocycles. The summed E-state index contributed by atoms with van der Waals surface area (Å²) in [5.74, 6) is 1.99. The van der Waals surface area contributed by atoms with Crippen molar-refractivity contribution in [3.8, 4) is 16.9 Å². The van der Waals surface area contributed by atoms with E-state index in [1.165, 1.54) is 0 Å². The van der Waals surface area contributed by atoms with Crippen molar-refractivity contribution >= 4 is 17.3 Å². The van der Waals surface area contributed by atoms with Gasteiger partial charge in [-0.2, -0.15) is 10.1 Å². The van der Waals surface area contributed by atoms with Crippen LogP contribution in [0.1, 0.15) is 12.8 Å². The monoisotopic (exact) mass is 404 g/mol. The zero-order chi connectivity index (χ0) is 20.3. The average Bonchev–Trinajstić information content (AvgIpc) is 3.40. The summed E-state index contributed by atoms with van der Waals surface area (Å²) in [7, 11) is 1.66. The van der Waals surface area contributed by atoms with Gasteiger partial charge in [-0.05, 0) is 48.6 Å². The molecular weight excluding hydrogens is 380 g/mol. The Kier molecular flexibility index (Phi) is 5.06. The standard InChI is InChI=1S/C22H24N6O2/c1-29-19-6-4-17(5-7-19)20-3-2-10-28-21(20)25-22(26-28)24-18-13-23-27(15-18)14-16-8-11-30-12-9-16/h2-7,10,13,15-16H,8-9,11-12,14H2,1H3,(H,24,26). The van der Waals surface area contributed by atoms with Gasteiger partial charge in [0.05, 0.1) is 19.0 Å². The molecule has 30 heavy (non-hydrogen) atoms. The molecule has 8 heteroatoms. The number of nitrogens with zero attached hydrogens (tertiary/aromatic N) is 5. The Morgan fingerprint density at radius 2 is 2.00 bits per heavy atom. The summed E-state index contributed by atoms with van der Waals surface area (Å²) < 4.78 is 14.5. The zero-order valence-electron chi connectivity index (χ0n) is 16.9. The largest absolute Gasteiger partial charge is 0.497 e. The van der Waals surface area contributed by atoms with Gasteiger partial charge in [-0.25, -0.2) is 4.52 Å². The molecule has 0 unspecified atom stereocenters. The molecule has 0 radical (unpaired) electrons. The summed E-state index contributed by atoms with van der Waals surface area (Å²) in [5, 5.41) is 12.3. The van der Waals surface area contributed by atoms with Crippen LogP contribution in [-0.2, 0) is 11.3 Å². The predicted molar refractivity (Wildman–Crippen MR) is 114 cm³/mol. The lowest BCUT2D eigenvalue weighted by Gasteiger charge is -2.21. The summed E-state index contributed by atoms with van der Waals surface area (Å²) in [6, 6.07) is 12.0. The van der Waals surface area contributed by atoms with Crippen LogP contribution in [0.25, 0.3) is 16.8 Å². The number of fused-ring (bicyclic) bond motifs is 1. The third-order valence-electron chi connectivity index (χ3n) is 5.44. The quantitative estimate of drug-likeness (QED) is 0.527. The number of hydrogen-bond donors (Lipinski definition) is 1. The van der Waals surface area contributed by atoms with Crippen molar-refractivity contribution in [2.45, 2.75) is 19.4 Å². The van der Waals surface area contributed by atoms with Crippen LogP contribution in [0.4, 0.5) is 11.6 Å². The number of benzene rings is 1. The highest BCUT2D eigenvalue weighted by Gasteiger charge is 2.15. The van der Waals surface area contributed by atoms with E-state index in [0.717, 1.165) is 60.8 Å². The minimum atomic E-state index is 0.543. The number of methoxy groups -OCH3 is 1. The number of rotatable bonds is 6. The summed E-state index contributed by atoms with van der Waals surface area (Å²) in [6.07, 6.45) is 7.89. The van der Waals surface area contributed by atoms with Crippen LogP contribution in [0.3, 0.4) is 0 Å². The van der Waals surface area contributed by atoms with Crippen molar-refractivity contribution in [3.05, 3.63) is 55.0 Å². The number of ether oxygens (including phenoxy) is 2. The Morgan fingerprint density at radius 3 is 2.80 bits per heavy atom. The minimum absolute atomic E-state index is 0.543. The molecule has 1 aromatic carbocycles. The molecule has 1 aliphatic heterocycles. The second kappa shape index (κ2) is 8.16. The smallest absolute Gasteiger partial charge is 0.247 e. The maximum atomic E-state index is 5.44. The van der Waals surface area contributed by atoms with Gasteiger partial charge in [0, 0.05) is 37.7 Å². The van der Waals surface area contributed by atoms with Crippen LogP contribution in [0.2, 0.25) is 0 Å². The van der Waals surface area contributed by atoms with Crippen molar-refractivity contribution in [3.63, 3.8) is 0 Å². The van der Waals surface area contributed by atoms with Gasteiger partial charge in [0.25, 0.3) is 0 Å². The summed E-state index contributed by atoms with van der Waals surface area (Å²) in [4.78, 5) is 4.71. The van der Waals surface area contributed by atoms with Gasteiger partial charge in [-0.1, -0.05) is 12.1 Å². The summed E-state index contributed by atoms with van der Waals surface area (Å²) in [6.45, 7) is 2.60. The maximum Gasteiger partial charge on any atom is 0.247 e. The molecule has 1 aliphatic rings. The highest BCUT2D eigenvalue weighted by molar-refractivity contribution is 5.78. The number of aromatic nitrogens is 5. The SMILES string of the molecule is COc1ccc(-c2cccn3nc(Nc4cnn(CC5CCOCC5)c4)nc23)cc1. The molecule has 8 nitrogen and oxygen atoms in total. The minimum Gasteiger partial charge on any atom is -0.497 e. The van der Waals surface area contributed by atoms with E-state index in [9.17, 15) is 0 Å². The van der Waals surface area contributed by atoms with Crippen LogP contribution >= 0.6 is 0 Å².